The number of hydrogen-bond acceptors (Lipinski definition) is 2. The summed E-state index contributed by atoms with van der Waals surface area (Å²) >= 11 is 0. The molecule has 1 N–H and O–H groups in total. The van der Waals surface area contributed by atoms with Gasteiger partial charge in [-0.1, -0.05) is 20.3 Å². The van der Waals surface area contributed by atoms with Crippen LogP contribution < -0.4 is 5.32 Å². The number of nitrogens with one attached hydrogen (secondary N) is 1. The summed E-state index contributed by atoms with van der Waals surface area (Å²) in [5.41, 5.74) is 0. The molecule has 0 aliphatic heterocycles. The molecule has 0 aromatic rings. The predicted molar refractivity (Wildman–Crippen MR) is 58.1 cm³/mol. The predicted octanol–water partition coefficient (Wildman–Crippen LogP) is 2.44. The largest absolute Gasteiger partial charge is 0.385 e. The van der Waals surface area contributed by atoms with Crippen LogP contribution in [0.1, 0.15) is 39.5 Å². The summed E-state index contributed by atoms with van der Waals surface area (Å²) in [6.07, 6.45) is 5.00. The molecule has 0 aliphatic carbocycles. The highest BCUT2D eigenvalue weighted by Gasteiger charge is 2.04. The molecule has 0 rings (SSSR count). The van der Waals surface area contributed by atoms with Crippen molar-refractivity contribution in [1.29, 1.82) is 0 Å². The van der Waals surface area contributed by atoms with Crippen LogP contribution in [0.5, 0.6) is 0 Å². The summed E-state index contributed by atoms with van der Waals surface area (Å²) in [6, 6.07) is 0. The van der Waals surface area contributed by atoms with Gasteiger partial charge in [0.1, 0.15) is 0 Å². The first-order chi connectivity index (χ1) is 6.35. The second kappa shape index (κ2) is 10.0. The van der Waals surface area contributed by atoms with Gasteiger partial charge >= 0.3 is 0 Å². The fourth-order valence-electron chi connectivity index (χ4n) is 1.45. The smallest absolute Gasteiger partial charge is 0.0462 e. The summed E-state index contributed by atoms with van der Waals surface area (Å²) < 4.78 is 5.04. The van der Waals surface area contributed by atoms with Gasteiger partial charge in [0.05, 0.1) is 0 Å². The Kier molecular flexibility index (Phi) is 9.94. The molecule has 2 heteroatoms. The molecule has 0 fully saturated rings. The standard InChI is InChI=1S/C11H25NO/c1-4-8-12-10-11(5-2)7-6-9-13-3/h11-12H,4-10H2,1-3H3. The van der Waals surface area contributed by atoms with Crippen LogP contribution in [0.2, 0.25) is 0 Å². The lowest BCUT2D eigenvalue weighted by molar-refractivity contribution is 0.186. The van der Waals surface area contributed by atoms with Crippen LogP contribution in [-0.4, -0.2) is 26.8 Å². The molecule has 0 aliphatic rings. The van der Waals surface area contributed by atoms with E-state index < -0.39 is 0 Å². The third-order valence-electron chi connectivity index (χ3n) is 2.40. The quantitative estimate of drug-likeness (QED) is 0.560. The van der Waals surface area contributed by atoms with Crippen LogP contribution in [0.3, 0.4) is 0 Å². The molecule has 0 radical (unpaired) electrons. The molecule has 80 valence electrons. The molecule has 1 atom stereocenters. The van der Waals surface area contributed by atoms with E-state index in [4.69, 9.17) is 4.74 Å². The maximum absolute atomic E-state index is 5.04. The maximum Gasteiger partial charge on any atom is 0.0462 e. The van der Waals surface area contributed by atoms with Crippen LogP contribution in [0.25, 0.3) is 0 Å². The van der Waals surface area contributed by atoms with E-state index in [0.29, 0.717) is 0 Å². The minimum atomic E-state index is 0.835. The van der Waals surface area contributed by atoms with Gasteiger partial charge in [0.25, 0.3) is 0 Å². The summed E-state index contributed by atoms with van der Waals surface area (Å²) in [5, 5.41) is 3.47. The second-order valence-corrected chi connectivity index (χ2v) is 3.61. The number of rotatable bonds is 9. The Morgan fingerprint density at radius 2 is 2.08 bits per heavy atom. The van der Waals surface area contributed by atoms with Crippen molar-refractivity contribution < 1.29 is 4.74 Å². The molecule has 0 saturated heterocycles. The van der Waals surface area contributed by atoms with Gasteiger partial charge in [0.2, 0.25) is 0 Å². The summed E-state index contributed by atoms with van der Waals surface area (Å²) in [4.78, 5) is 0. The molecule has 0 bridgehead atoms. The highest BCUT2D eigenvalue weighted by Crippen LogP contribution is 2.09. The van der Waals surface area contributed by atoms with Gasteiger partial charge < -0.3 is 10.1 Å². The van der Waals surface area contributed by atoms with Gasteiger partial charge in [0.15, 0.2) is 0 Å². The van der Waals surface area contributed by atoms with Crippen molar-refractivity contribution in [2.24, 2.45) is 5.92 Å². The van der Waals surface area contributed by atoms with E-state index in [1.807, 2.05) is 0 Å². The Balaban J connectivity index is 3.28. The second-order valence-electron chi connectivity index (χ2n) is 3.61. The SMILES string of the molecule is CCCNCC(CC)CCCOC. The highest BCUT2D eigenvalue weighted by atomic mass is 16.5. The molecule has 0 spiro atoms. The van der Waals surface area contributed by atoms with Crippen molar-refractivity contribution >= 4 is 0 Å². The lowest BCUT2D eigenvalue weighted by Gasteiger charge is -2.14. The maximum atomic E-state index is 5.04. The fourth-order valence-corrected chi connectivity index (χ4v) is 1.45. The summed E-state index contributed by atoms with van der Waals surface area (Å²) in [6.45, 7) is 7.71. The monoisotopic (exact) mass is 187 g/mol. The first-order valence-corrected chi connectivity index (χ1v) is 5.54. The molecule has 0 saturated carbocycles. The van der Waals surface area contributed by atoms with Gasteiger partial charge in [-0.05, 0) is 38.3 Å². The summed E-state index contributed by atoms with van der Waals surface area (Å²) in [7, 11) is 1.77. The fraction of sp³-hybridized carbons (Fsp3) is 1.00. The van der Waals surface area contributed by atoms with E-state index in [1.165, 1.54) is 32.2 Å². The van der Waals surface area contributed by atoms with E-state index in [0.717, 1.165) is 19.1 Å². The van der Waals surface area contributed by atoms with Crippen molar-refractivity contribution in [2.45, 2.75) is 39.5 Å². The Bertz CT molecular complexity index is 86.1. The molecule has 0 aromatic carbocycles. The van der Waals surface area contributed by atoms with E-state index in [9.17, 15) is 0 Å². The number of methoxy groups -OCH3 is 1. The van der Waals surface area contributed by atoms with E-state index in [1.54, 1.807) is 7.11 Å². The molecular formula is C11H25NO. The Morgan fingerprint density at radius 1 is 1.31 bits per heavy atom. The van der Waals surface area contributed by atoms with Crippen LogP contribution >= 0.6 is 0 Å². The van der Waals surface area contributed by atoms with Gasteiger partial charge in [-0.2, -0.15) is 0 Å². The number of hydrogen-bond donors (Lipinski definition) is 1. The van der Waals surface area contributed by atoms with Crippen LogP contribution in [0.15, 0.2) is 0 Å². The molecular weight excluding hydrogens is 162 g/mol. The minimum Gasteiger partial charge on any atom is -0.385 e. The van der Waals surface area contributed by atoms with Gasteiger partial charge in [0, 0.05) is 13.7 Å². The molecule has 0 heterocycles. The van der Waals surface area contributed by atoms with Gasteiger partial charge in [-0.15, -0.1) is 0 Å². The first kappa shape index (κ1) is 12.9. The van der Waals surface area contributed by atoms with Crippen LogP contribution in [0, 0.1) is 5.92 Å². The van der Waals surface area contributed by atoms with E-state index >= 15 is 0 Å². The zero-order chi connectivity index (χ0) is 9.94. The van der Waals surface area contributed by atoms with Crippen LogP contribution in [0.4, 0.5) is 0 Å². The Labute approximate surface area is 83.1 Å². The summed E-state index contributed by atoms with van der Waals surface area (Å²) in [5.74, 6) is 0.835. The van der Waals surface area contributed by atoms with Gasteiger partial charge in [-0.3, -0.25) is 0 Å². The Hall–Kier alpha value is -0.0800. The zero-order valence-corrected chi connectivity index (χ0v) is 9.44. The highest BCUT2D eigenvalue weighted by molar-refractivity contribution is 4.60. The molecule has 1 unspecified atom stereocenters. The topological polar surface area (TPSA) is 21.3 Å². The van der Waals surface area contributed by atoms with E-state index in [-0.39, 0.29) is 0 Å². The van der Waals surface area contributed by atoms with Crippen molar-refractivity contribution in [3.63, 3.8) is 0 Å². The minimum absolute atomic E-state index is 0.835. The van der Waals surface area contributed by atoms with Crippen molar-refractivity contribution in [2.75, 3.05) is 26.8 Å². The van der Waals surface area contributed by atoms with Crippen LogP contribution in [-0.2, 0) is 4.74 Å². The van der Waals surface area contributed by atoms with Crippen molar-refractivity contribution in [3.05, 3.63) is 0 Å². The van der Waals surface area contributed by atoms with Crippen molar-refractivity contribution in [3.8, 4) is 0 Å². The molecule has 13 heavy (non-hydrogen) atoms. The average molecular weight is 187 g/mol. The normalized spacial score (nSPS) is 13.2. The molecule has 2 nitrogen and oxygen atoms in total. The number of ether oxygens (including phenoxy) is 1. The average Bonchev–Trinajstić information content (AvgIpc) is 2.16. The molecule has 0 amide bonds. The lowest BCUT2D eigenvalue weighted by atomic mass is 10.0. The van der Waals surface area contributed by atoms with Crippen molar-refractivity contribution in [1.82, 2.24) is 5.32 Å². The van der Waals surface area contributed by atoms with E-state index in [2.05, 4.69) is 19.2 Å². The third kappa shape index (κ3) is 8.26. The Morgan fingerprint density at radius 3 is 2.62 bits per heavy atom. The molecule has 0 aromatic heterocycles. The first-order valence-electron chi connectivity index (χ1n) is 5.54. The third-order valence-corrected chi connectivity index (χ3v) is 2.40. The van der Waals surface area contributed by atoms with Gasteiger partial charge in [-0.25, -0.2) is 0 Å². The lowest BCUT2D eigenvalue weighted by Crippen LogP contribution is -2.23. The zero-order valence-electron chi connectivity index (χ0n) is 9.44.